The van der Waals surface area contributed by atoms with Crippen molar-refractivity contribution in [2.24, 2.45) is 11.0 Å². The second-order valence-corrected chi connectivity index (χ2v) is 7.07. The van der Waals surface area contributed by atoms with Gasteiger partial charge in [0.1, 0.15) is 11.8 Å². The summed E-state index contributed by atoms with van der Waals surface area (Å²) in [6, 6.07) is 10.6. The summed E-state index contributed by atoms with van der Waals surface area (Å²) < 4.78 is 5.52. The molecule has 0 aliphatic heterocycles. The normalized spacial score (nSPS) is 12.2. The SMILES string of the molecule is Cc1ccccc1OCC(=O)N[C@@H](C(=O)N/N=C\c1cccs1)C(C)C. The maximum atomic E-state index is 12.3. The molecule has 0 unspecified atom stereocenters. The predicted molar refractivity (Wildman–Crippen MR) is 103 cm³/mol. The van der Waals surface area contributed by atoms with Gasteiger partial charge in [-0.1, -0.05) is 38.1 Å². The fourth-order valence-electron chi connectivity index (χ4n) is 2.21. The van der Waals surface area contributed by atoms with Crippen molar-refractivity contribution in [1.82, 2.24) is 10.7 Å². The van der Waals surface area contributed by atoms with Crippen LogP contribution >= 0.6 is 11.3 Å². The van der Waals surface area contributed by atoms with Crippen molar-refractivity contribution in [2.75, 3.05) is 6.61 Å². The van der Waals surface area contributed by atoms with Crippen LogP contribution in [0.5, 0.6) is 5.75 Å². The Bertz CT molecular complexity index is 757. The Balaban J connectivity index is 1.87. The molecule has 0 fully saturated rings. The minimum atomic E-state index is -0.691. The number of hydrogen-bond acceptors (Lipinski definition) is 5. The number of hydrazone groups is 1. The topological polar surface area (TPSA) is 79.8 Å². The van der Waals surface area contributed by atoms with Gasteiger partial charge < -0.3 is 10.1 Å². The zero-order valence-electron chi connectivity index (χ0n) is 15.1. The molecule has 6 nitrogen and oxygen atoms in total. The van der Waals surface area contributed by atoms with Crippen LogP contribution in [-0.4, -0.2) is 30.7 Å². The molecule has 1 atom stereocenters. The van der Waals surface area contributed by atoms with E-state index >= 15 is 0 Å². The molecule has 1 heterocycles. The second-order valence-electron chi connectivity index (χ2n) is 6.09. The molecule has 2 rings (SSSR count). The lowest BCUT2D eigenvalue weighted by Gasteiger charge is -2.20. The smallest absolute Gasteiger partial charge is 0.262 e. The van der Waals surface area contributed by atoms with E-state index in [1.165, 1.54) is 11.3 Å². The van der Waals surface area contributed by atoms with Gasteiger partial charge >= 0.3 is 0 Å². The Labute approximate surface area is 157 Å². The largest absolute Gasteiger partial charge is 0.484 e. The van der Waals surface area contributed by atoms with E-state index in [-0.39, 0.29) is 24.3 Å². The summed E-state index contributed by atoms with van der Waals surface area (Å²) in [5.41, 5.74) is 3.42. The molecule has 0 saturated heterocycles. The van der Waals surface area contributed by atoms with Gasteiger partial charge in [0, 0.05) is 4.88 Å². The highest BCUT2D eigenvalue weighted by molar-refractivity contribution is 7.11. The molecule has 2 amide bonds. The zero-order chi connectivity index (χ0) is 18.9. The van der Waals surface area contributed by atoms with E-state index in [9.17, 15) is 9.59 Å². The van der Waals surface area contributed by atoms with Gasteiger partial charge in [-0.2, -0.15) is 5.10 Å². The van der Waals surface area contributed by atoms with Crippen LogP contribution in [0.25, 0.3) is 0 Å². The number of nitrogens with one attached hydrogen (secondary N) is 2. The van der Waals surface area contributed by atoms with E-state index in [0.29, 0.717) is 5.75 Å². The molecule has 26 heavy (non-hydrogen) atoms. The summed E-state index contributed by atoms with van der Waals surface area (Å²) in [4.78, 5) is 25.4. The van der Waals surface area contributed by atoms with Crippen molar-refractivity contribution >= 4 is 29.4 Å². The minimum Gasteiger partial charge on any atom is -0.484 e. The second kappa shape index (κ2) is 9.72. The first-order valence-corrected chi connectivity index (χ1v) is 9.19. The first-order chi connectivity index (χ1) is 12.5. The van der Waals surface area contributed by atoms with Crippen LogP contribution < -0.4 is 15.5 Å². The third-order valence-corrected chi connectivity index (χ3v) is 4.43. The van der Waals surface area contributed by atoms with E-state index in [0.717, 1.165) is 10.4 Å². The van der Waals surface area contributed by atoms with Crippen molar-refractivity contribution in [3.8, 4) is 5.75 Å². The summed E-state index contributed by atoms with van der Waals surface area (Å²) in [6.07, 6.45) is 1.57. The molecule has 0 bridgehead atoms. The predicted octanol–water partition coefficient (Wildman–Crippen LogP) is 2.73. The Morgan fingerprint density at radius 1 is 1.23 bits per heavy atom. The Morgan fingerprint density at radius 3 is 2.65 bits per heavy atom. The van der Waals surface area contributed by atoms with E-state index < -0.39 is 6.04 Å². The number of hydrogen-bond donors (Lipinski definition) is 2. The highest BCUT2D eigenvalue weighted by atomic mass is 32.1. The van der Waals surface area contributed by atoms with E-state index in [2.05, 4.69) is 15.8 Å². The first kappa shape index (κ1) is 19.7. The average molecular weight is 373 g/mol. The average Bonchev–Trinajstić information content (AvgIpc) is 3.12. The van der Waals surface area contributed by atoms with Crippen LogP contribution in [-0.2, 0) is 9.59 Å². The fraction of sp³-hybridized carbons (Fsp3) is 0.316. The lowest BCUT2D eigenvalue weighted by molar-refractivity contribution is -0.131. The summed E-state index contributed by atoms with van der Waals surface area (Å²) in [7, 11) is 0. The molecule has 7 heteroatoms. The van der Waals surface area contributed by atoms with Crippen LogP contribution in [0.4, 0.5) is 0 Å². The maximum absolute atomic E-state index is 12.3. The van der Waals surface area contributed by atoms with Crippen LogP contribution in [0.3, 0.4) is 0 Å². The van der Waals surface area contributed by atoms with Gasteiger partial charge in [-0.15, -0.1) is 11.3 Å². The number of nitrogens with zero attached hydrogens (tertiary/aromatic N) is 1. The van der Waals surface area contributed by atoms with Gasteiger partial charge in [0.25, 0.3) is 11.8 Å². The van der Waals surface area contributed by atoms with Gasteiger partial charge in [0.05, 0.1) is 6.21 Å². The Kier molecular flexibility index (Phi) is 7.35. The van der Waals surface area contributed by atoms with E-state index in [1.807, 2.05) is 56.5 Å². The Morgan fingerprint density at radius 2 is 2.00 bits per heavy atom. The van der Waals surface area contributed by atoms with Crippen molar-refractivity contribution in [1.29, 1.82) is 0 Å². The molecular weight excluding hydrogens is 350 g/mol. The van der Waals surface area contributed by atoms with E-state index in [4.69, 9.17) is 4.74 Å². The molecule has 0 saturated carbocycles. The molecule has 0 aliphatic rings. The van der Waals surface area contributed by atoms with Crippen LogP contribution in [0, 0.1) is 12.8 Å². The summed E-state index contributed by atoms with van der Waals surface area (Å²) in [6.45, 7) is 5.47. The number of carbonyl (C=O) groups excluding carboxylic acids is 2. The molecule has 0 aliphatic carbocycles. The van der Waals surface area contributed by atoms with Crippen molar-refractivity contribution in [3.63, 3.8) is 0 Å². The minimum absolute atomic E-state index is 0.0886. The molecule has 2 aromatic rings. The Hall–Kier alpha value is -2.67. The van der Waals surface area contributed by atoms with Crippen molar-refractivity contribution in [3.05, 3.63) is 52.2 Å². The number of ether oxygens (including phenoxy) is 1. The zero-order valence-corrected chi connectivity index (χ0v) is 15.9. The van der Waals surface area contributed by atoms with Crippen LogP contribution in [0.15, 0.2) is 46.9 Å². The van der Waals surface area contributed by atoms with Crippen LogP contribution in [0.1, 0.15) is 24.3 Å². The molecule has 1 aromatic carbocycles. The van der Waals surface area contributed by atoms with Gasteiger partial charge in [-0.3, -0.25) is 9.59 Å². The molecular formula is C19H23N3O3S. The summed E-state index contributed by atoms with van der Waals surface area (Å²) in [5, 5.41) is 8.56. The summed E-state index contributed by atoms with van der Waals surface area (Å²) in [5.74, 6) is -0.163. The maximum Gasteiger partial charge on any atom is 0.262 e. The highest BCUT2D eigenvalue weighted by Crippen LogP contribution is 2.15. The molecule has 0 radical (unpaired) electrons. The van der Waals surface area contributed by atoms with Gasteiger partial charge in [-0.25, -0.2) is 5.43 Å². The number of benzene rings is 1. The number of rotatable bonds is 8. The third-order valence-electron chi connectivity index (χ3n) is 3.63. The lowest BCUT2D eigenvalue weighted by atomic mass is 10.0. The summed E-state index contributed by atoms with van der Waals surface area (Å²) >= 11 is 1.52. The third kappa shape index (κ3) is 6.00. The van der Waals surface area contributed by atoms with Crippen molar-refractivity contribution in [2.45, 2.75) is 26.8 Å². The molecule has 0 spiro atoms. The van der Waals surface area contributed by atoms with Gasteiger partial charge in [0.2, 0.25) is 0 Å². The quantitative estimate of drug-likeness (QED) is 0.551. The number of amides is 2. The van der Waals surface area contributed by atoms with Gasteiger partial charge in [0.15, 0.2) is 6.61 Å². The number of thiophene rings is 1. The molecule has 138 valence electrons. The number of para-hydroxylation sites is 1. The molecule has 1 aromatic heterocycles. The standard InChI is InChI=1S/C19H23N3O3S/c1-13(2)18(19(24)22-20-11-15-8-6-10-26-15)21-17(23)12-25-16-9-5-4-7-14(16)3/h4-11,13,18H,12H2,1-3H3,(H,21,23)(H,22,24)/b20-11-/t18-/m1/s1. The lowest BCUT2D eigenvalue weighted by Crippen LogP contribution is -2.49. The van der Waals surface area contributed by atoms with Crippen molar-refractivity contribution < 1.29 is 14.3 Å². The van der Waals surface area contributed by atoms with E-state index in [1.54, 1.807) is 12.3 Å². The number of carbonyl (C=O) groups is 2. The molecule has 2 N–H and O–H groups in total. The van der Waals surface area contributed by atoms with Crippen LogP contribution in [0.2, 0.25) is 0 Å². The first-order valence-electron chi connectivity index (χ1n) is 8.31. The highest BCUT2D eigenvalue weighted by Gasteiger charge is 2.24. The van der Waals surface area contributed by atoms with Gasteiger partial charge in [-0.05, 0) is 35.9 Å². The number of aryl methyl sites for hydroxylation is 1. The monoisotopic (exact) mass is 373 g/mol. The fourth-order valence-corrected chi connectivity index (χ4v) is 2.79.